The fraction of sp³-hybridized carbons (Fsp3) is 0.571. The van der Waals surface area contributed by atoms with E-state index in [0.717, 1.165) is 0 Å². The van der Waals surface area contributed by atoms with Crippen molar-refractivity contribution in [1.82, 2.24) is 4.98 Å². The Labute approximate surface area is 134 Å². The first kappa shape index (κ1) is 17.1. The lowest BCUT2D eigenvalue weighted by Crippen LogP contribution is -2.41. The Balaban J connectivity index is 2.23. The van der Waals surface area contributed by atoms with E-state index in [-0.39, 0.29) is 5.91 Å². The highest BCUT2D eigenvalue weighted by Gasteiger charge is 2.53. The highest BCUT2D eigenvalue weighted by Crippen LogP contribution is 2.40. The predicted molar refractivity (Wildman–Crippen MR) is 86.2 cm³/mol. The first-order chi connectivity index (χ1) is 10.0. The molecule has 1 amide bonds. The topological polar surface area (TPSA) is 60.5 Å². The second-order valence-electron chi connectivity index (χ2n) is 6.27. The van der Waals surface area contributed by atoms with E-state index in [4.69, 9.17) is 9.31 Å². The van der Waals surface area contributed by atoms with Gasteiger partial charge < -0.3 is 14.6 Å². The van der Waals surface area contributed by atoms with Crippen LogP contribution in [0.15, 0.2) is 11.9 Å². The number of allylic oxidation sites excluding steroid dienone is 1. The fourth-order valence-corrected chi connectivity index (χ4v) is 2.76. The van der Waals surface area contributed by atoms with Crippen LogP contribution >= 0.6 is 11.3 Å². The molecule has 1 aliphatic rings. The van der Waals surface area contributed by atoms with Gasteiger partial charge in [0, 0.05) is 13.1 Å². The van der Waals surface area contributed by atoms with E-state index in [0.29, 0.717) is 15.6 Å². The van der Waals surface area contributed by atoms with Gasteiger partial charge in [-0.15, -0.1) is 0 Å². The van der Waals surface area contributed by atoms with E-state index in [1.165, 1.54) is 24.5 Å². The summed E-state index contributed by atoms with van der Waals surface area (Å²) in [5, 5.41) is 3.01. The molecule has 8 heteroatoms. The quantitative estimate of drug-likeness (QED) is 0.865. The van der Waals surface area contributed by atoms with E-state index in [1.807, 2.05) is 27.7 Å². The molecule has 0 radical (unpaired) electrons. The number of nitrogens with one attached hydrogen (secondary N) is 1. The third-order valence-corrected chi connectivity index (χ3v) is 5.01. The summed E-state index contributed by atoms with van der Waals surface area (Å²) >= 11 is 1.20. The van der Waals surface area contributed by atoms with E-state index in [1.54, 1.807) is 6.92 Å². The first-order valence-electron chi connectivity index (χ1n) is 6.99. The van der Waals surface area contributed by atoms with Crippen molar-refractivity contribution in [3.8, 4) is 0 Å². The minimum Gasteiger partial charge on any atom is -0.398 e. The Hall–Kier alpha value is -1.25. The summed E-state index contributed by atoms with van der Waals surface area (Å²) in [5.41, 5.74) is -1.27. The van der Waals surface area contributed by atoms with Gasteiger partial charge in [0.25, 0.3) is 0 Å². The smallest absolute Gasteiger partial charge is 0.398 e. The van der Waals surface area contributed by atoms with E-state index in [9.17, 15) is 9.18 Å². The number of anilines is 1. The SMILES string of the molecule is CC(=O)Nc1ncc(C(C)=C(F)B2OC(C)(C)C(C)(C)O2)s1. The Kier molecular flexibility index (Phi) is 4.48. The number of rotatable bonds is 3. The normalized spacial score (nSPS) is 20.8. The molecule has 0 unspecified atom stereocenters. The molecule has 1 saturated heterocycles. The molecule has 0 atom stereocenters. The molecule has 2 heterocycles. The predicted octanol–water partition coefficient (Wildman–Crippen LogP) is 3.43. The van der Waals surface area contributed by atoms with Crippen molar-refractivity contribution in [3.05, 3.63) is 16.8 Å². The van der Waals surface area contributed by atoms with Crippen LogP contribution in [0.25, 0.3) is 5.57 Å². The molecular formula is C14H20BFN2O3S. The van der Waals surface area contributed by atoms with Crippen LogP contribution in [0.4, 0.5) is 9.52 Å². The first-order valence-corrected chi connectivity index (χ1v) is 7.81. The average Bonchev–Trinajstić information content (AvgIpc) is 2.90. The maximum Gasteiger partial charge on any atom is 0.525 e. The van der Waals surface area contributed by atoms with Gasteiger partial charge in [-0.25, -0.2) is 9.37 Å². The standard InChI is InChI=1S/C14H20BFN2O3S/c1-8(10-7-17-12(22-10)18-9(2)19)11(16)15-20-13(3,4)14(5,6)21-15/h7H,1-6H3,(H,17,18,19). The Morgan fingerprint density at radius 2 is 1.82 bits per heavy atom. The average molecular weight is 326 g/mol. The number of aromatic nitrogens is 1. The van der Waals surface area contributed by atoms with Crippen molar-refractivity contribution in [1.29, 1.82) is 0 Å². The van der Waals surface area contributed by atoms with E-state index >= 15 is 0 Å². The molecule has 1 N–H and O–H groups in total. The molecule has 1 aromatic heterocycles. The largest absolute Gasteiger partial charge is 0.525 e. The van der Waals surface area contributed by atoms with Gasteiger partial charge in [0.05, 0.1) is 16.1 Å². The van der Waals surface area contributed by atoms with Crippen LogP contribution < -0.4 is 5.32 Å². The van der Waals surface area contributed by atoms with Crippen LogP contribution in [0, 0.1) is 0 Å². The molecule has 0 aromatic carbocycles. The summed E-state index contributed by atoms with van der Waals surface area (Å²) in [7, 11) is -1.03. The summed E-state index contributed by atoms with van der Waals surface area (Å²) in [4.78, 5) is 15.7. The lowest BCUT2D eigenvalue weighted by atomic mass is 9.85. The van der Waals surface area contributed by atoms with Crippen molar-refractivity contribution >= 4 is 35.1 Å². The number of amides is 1. The maximum atomic E-state index is 14.7. The van der Waals surface area contributed by atoms with E-state index in [2.05, 4.69) is 10.3 Å². The van der Waals surface area contributed by atoms with Crippen molar-refractivity contribution in [2.45, 2.75) is 52.7 Å². The zero-order valence-electron chi connectivity index (χ0n) is 13.6. The van der Waals surface area contributed by atoms with Crippen LogP contribution in [0.2, 0.25) is 0 Å². The Bertz CT molecular complexity index is 611. The Morgan fingerprint density at radius 1 is 1.27 bits per heavy atom. The molecule has 22 heavy (non-hydrogen) atoms. The van der Waals surface area contributed by atoms with Crippen molar-refractivity contribution in [3.63, 3.8) is 0 Å². The monoisotopic (exact) mass is 326 g/mol. The molecule has 120 valence electrons. The highest BCUT2D eigenvalue weighted by molar-refractivity contribution is 7.16. The van der Waals surface area contributed by atoms with Crippen LogP contribution in [-0.2, 0) is 14.1 Å². The molecule has 0 spiro atoms. The summed E-state index contributed by atoms with van der Waals surface area (Å²) in [6, 6.07) is 0. The molecule has 0 aliphatic carbocycles. The lowest BCUT2D eigenvalue weighted by molar-refractivity contribution is -0.114. The second kappa shape index (κ2) is 5.75. The summed E-state index contributed by atoms with van der Waals surface area (Å²) in [6.07, 6.45) is 1.52. The second-order valence-corrected chi connectivity index (χ2v) is 7.30. The third-order valence-electron chi connectivity index (χ3n) is 3.98. The summed E-state index contributed by atoms with van der Waals surface area (Å²) < 4.78 is 26.1. The third kappa shape index (κ3) is 3.23. The number of nitrogens with zero attached hydrogens (tertiary/aromatic N) is 1. The molecule has 1 aliphatic heterocycles. The zero-order valence-corrected chi connectivity index (χ0v) is 14.4. The van der Waals surface area contributed by atoms with Gasteiger partial charge >= 0.3 is 7.12 Å². The minimum absolute atomic E-state index is 0.214. The van der Waals surface area contributed by atoms with Gasteiger partial charge in [-0.05, 0) is 40.2 Å². The lowest BCUT2D eigenvalue weighted by Gasteiger charge is -2.32. The molecule has 2 rings (SSSR count). The molecule has 1 fully saturated rings. The van der Waals surface area contributed by atoms with Gasteiger partial charge in [0.15, 0.2) is 5.13 Å². The molecule has 5 nitrogen and oxygen atoms in total. The van der Waals surface area contributed by atoms with Crippen LogP contribution in [0.3, 0.4) is 0 Å². The molecule has 0 bridgehead atoms. The van der Waals surface area contributed by atoms with Crippen molar-refractivity contribution in [2.24, 2.45) is 0 Å². The van der Waals surface area contributed by atoms with Crippen molar-refractivity contribution < 1.29 is 18.5 Å². The fourth-order valence-electron chi connectivity index (χ4n) is 1.90. The number of carbonyl (C=O) groups excluding carboxylic acids is 1. The maximum absolute atomic E-state index is 14.7. The van der Waals surface area contributed by atoms with Crippen LogP contribution in [-0.4, -0.2) is 29.2 Å². The summed E-state index contributed by atoms with van der Waals surface area (Å²) in [6.45, 7) is 10.5. The van der Waals surface area contributed by atoms with Crippen LogP contribution in [0.1, 0.15) is 46.4 Å². The van der Waals surface area contributed by atoms with Crippen LogP contribution in [0.5, 0.6) is 0 Å². The zero-order chi connectivity index (χ0) is 16.7. The van der Waals surface area contributed by atoms with Gasteiger partial charge in [0.2, 0.25) is 5.91 Å². The molecular weight excluding hydrogens is 306 g/mol. The van der Waals surface area contributed by atoms with E-state index < -0.39 is 24.0 Å². The number of thiazole rings is 1. The number of halogens is 1. The minimum atomic E-state index is -1.03. The number of hydrogen-bond acceptors (Lipinski definition) is 5. The van der Waals surface area contributed by atoms with Gasteiger partial charge in [-0.2, -0.15) is 0 Å². The summed E-state index contributed by atoms with van der Waals surface area (Å²) in [5.74, 6) is -0.214. The van der Waals surface area contributed by atoms with Gasteiger partial charge in [-0.3, -0.25) is 4.79 Å². The molecule has 0 saturated carbocycles. The van der Waals surface area contributed by atoms with Crippen molar-refractivity contribution in [2.75, 3.05) is 5.32 Å². The van der Waals surface area contributed by atoms with Gasteiger partial charge in [0.1, 0.15) is 5.73 Å². The Morgan fingerprint density at radius 3 is 2.32 bits per heavy atom. The molecule has 1 aromatic rings. The number of carbonyl (C=O) groups is 1. The van der Waals surface area contributed by atoms with Gasteiger partial charge in [-0.1, -0.05) is 11.3 Å². The highest BCUT2D eigenvalue weighted by atomic mass is 32.1. The number of hydrogen-bond donors (Lipinski definition) is 1.